The van der Waals surface area contributed by atoms with Crippen LogP contribution in [0.25, 0.3) is 0 Å². The van der Waals surface area contributed by atoms with Crippen molar-refractivity contribution in [3.8, 4) is 0 Å². The van der Waals surface area contributed by atoms with Gasteiger partial charge >= 0.3 is 0 Å². The van der Waals surface area contributed by atoms with Gasteiger partial charge in [-0.25, -0.2) is 13.8 Å². The average molecular weight is 168 g/mol. The molecule has 0 heterocycles. The Hall–Kier alpha value is -1.58. The zero-order chi connectivity index (χ0) is 9.14. The fourth-order valence-corrected chi connectivity index (χ4v) is 0.735. The van der Waals surface area contributed by atoms with Gasteiger partial charge in [0, 0.05) is 5.56 Å². The van der Waals surface area contributed by atoms with Gasteiger partial charge in [0.1, 0.15) is 0 Å². The molecule has 0 aliphatic heterocycles. The van der Waals surface area contributed by atoms with Crippen molar-refractivity contribution < 1.29 is 8.78 Å². The average Bonchev–Trinajstić information content (AvgIpc) is 2.08. The van der Waals surface area contributed by atoms with Crippen LogP contribution in [0.2, 0.25) is 0 Å². The fraction of sp³-hybridized carbons (Fsp3) is 0. The zero-order valence-corrected chi connectivity index (χ0v) is 6.14. The van der Waals surface area contributed by atoms with Crippen LogP contribution in [0, 0.1) is 17.0 Å². The minimum Gasteiger partial charge on any atom is -0.282 e. The third kappa shape index (κ3) is 1.53. The second kappa shape index (κ2) is 3.21. The lowest BCUT2D eigenvalue weighted by atomic mass is 10.2. The summed E-state index contributed by atoms with van der Waals surface area (Å²) in [4.78, 5) is 3.27. The van der Waals surface area contributed by atoms with E-state index in [0.29, 0.717) is 0 Å². The first-order chi connectivity index (χ1) is 5.65. The van der Waals surface area contributed by atoms with Crippen molar-refractivity contribution in [2.75, 3.05) is 0 Å². The maximum absolute atomic E-state index is 12.5. The van der Waals surface area contributed by atoms with Gasteiger partial charge in [0.15, 0.2) is 17.5 Å². The van der Waals surface area contributed by atoms with Crippen molar-refractivity contribution >= 4 is 12.6 Å². The van der Waals surface area contributed by atoms with E-state index >= 15 is 0 Å². The Morgan fingerprint density at radius 2 is 2.00 bits per heavy atom. The molecule has 0 amide bonds. The number of nitrogens with one attached hydrogen (secondary N) is 1. The van der Waals surface area contributed by atoms with E-state index in [-0.39, 0.29) is 11.4 Å². The zero-order valence-electron chi connectivity index (χ0n) is 6.14. The van der Waals surface area contributed by atoms with Gasteiger partial charge in [-0.1, -0.05) is 0 Å². The third-order valence-electron chi connectivity index (χ3n) is 1.35. The van der Waals surface area contributed by atoms with E-state index < -0.39 is 11.6 Å². The number of aliphatic imine (C=N–C) groups is 1. The van der Waals surface area contributed by atoms with Gasteiger partial charge in [-0.3, -0.25) is 5.41 Å². The standard InChI is InChI=1S/C8H6F2N2/c1-12-8(11)5-2-3-6(9)7(10)4-5/h2-4,11H,1H2. The molecule has 0 aromatic heterocycles. The normalized spacial score (nSPS) is 9.50. The molecule has 62 valence electrons. The Labute approximate surface area is 68.1 Å². The van der Waals surface area contributed by atoms with Crippen LogP contribution in [0.5, 0.6) is 0 Å². The van der Waals surface area contributed by atoms with E-state index in [1.165, 1.54) is 6.07 Å². The van der Waals surface area contributed by atoms with Gasteiger partial charge in [0.25, 0.3) is 0 Å². The van der Waals surface area contributed by atoms with Crippen LogP contribution in [0.1, 0.15) is 5.56 Å². The summed E-state index contributed by atoms with van der Waals surface area (Å²) in [6.07, 6.45) is 0. The Morgan fingerprint density at radius 3 is 2.50 bits per heavy atom. The molecule has 0 radical (unpaired) electrons. The number of benzene rings is 1. The highest BCUT2D eigenvalue weighted by atomic mass is 19.2. The summed E-state index contributed by atoms with van der Waals surface area (Å²) < 4.78 is 24.9. The van der Waals surface area contributed by atoms with Crippen molar-refractivity contribution in [1.29, 1.82) is 5.41 Å². The van der Waals surface area contributed by atoms with Gasteiger partial charge in [0.2, 0.25) is 0 Å². The molecule has 0 atom stereocenters. The summed E-state index contributed by atoms with van der Waals surface area (Å²) in [5, 5.41) is 7.13. The SMILES string of the molecule is C=NC(=N)c1ccc(F)c(F)c1. The summed E-state index contributed by atoms with van der Waals surface area (Å²) in [7, 11) is 0. The molecule has 0 spiro atoms. The quantitative estimate of drug-likeness (QED) is 0.491. The van der Waals surface area contributed by atoms with E-state index in [4.69, 9.17) is 5.41 Å². The van der Waals surface area contributed by atoms with Crippen LogP contribution < -0.4 is 0 Å². The molecule has 1 rings (SSSR count). The first kappa shape index (κ1) is 8.52. The summed E-state index contributed by atoms with van der Waals surface area (Å²) >= 11 is 0. The predicted molar refractivity (Wildman–Crippen MR) is 42.7 cm³/mol. The van der Waals surface area contributed by atoms with Gasteiger partial charge < -0.3 is 0 Å². The van der Waals surface area contributed by atoms with Crippen LogP contribution in [-0.2, 0) is 0 Å². The van der Waals surface area contributed by atoms with Gasteiger partial charge in [-0.2, -0.15) is 0 Å². The maximum Gasteiger partial charge on any atom is 0.159 e. The second-order valence-electron chi connectivity index (χ2n) is 2.14. The lowest BCUT2D eigenvalue weighted by Gasteiger charge is -1.97. The van der Waals surface area contributed by atoms with Crippen molar-refractivity contribution in [3.05, 3.63) is 35.4 Å². The molecule has 0 fully saturated rings. The molecule has 2 nitrogen and oxygen atoms in total. The van der Waals surface area contributed by atoms with Gasteiger partial charge in [0.05, 0.1) is 0 Å². The van der Waals surface area contributed by atoms with Crippen LogP contribution in [0.4, 0.5) is 8.78 Å². The molecule has 0 saturated heterocycles. The van der Waals surface area contributed by atoms with Crippen LogP contribution >= 0.6 is 0 Å². The van der Waals surface area contributed by atoms with Crippen molar-refractivity contribution in [2.24, 2.45) is 4.99 Å². The van der Waals surface area contributed by atoms with E-state index in [1.807, 2.05) is 0 Å². The summed E-state index contributed by atoms with van der Waals surface area (Å²) in [6.45, 7) is 3.10. The van der Waals surface area contributed by atoms with E-state index in [1.54, 1.807) is 0 Å². The largest absolute Gasteiger partial charge is 0.282 e. The van der Waals surface area contributed by atoms with Crippen molar-refractivity contribution in [2.45, 2.75) is 0 Å². The van der Waals surface area contributed by atoms with Crippen molar-refractivity contribution in [1.82, 2.24) is 0 Å². The second-order valence-corrected chi connectivity index (χ2v) is 2.14. The van der Waals surface area contributed by atoms with Gasteiger partial charge in [-0.05, 0) is 24.9 Å². The highest BCUT2D eigenvalue weighted by Crippen LogP contribution is 2.09. The first-order valence-corrected chi connectivity index (χ1v) is 3.16. The van der Waals surface area contributed by atoms with E-state index in [0.717, 1.165) is 12.1 Å². The van der Waals surface area contributed by atoms with Crippen LogP contribution in [0.3, 0.4) is 0 Å². The molecular formula is C8H6F2N2. The number of halogens is 2. The number of amidine groups is 1. The van der Waals surface area contributed by atoms with E-state index in [2.05, 4.69) is 11.7 Å². The Morgan fingerprint density at radius 1 is 1.33 bits per heavy atom. The summed E-state index contributed by atoms with van der Waals surface area (Å²) in [6, 6.07) is 3.13. The Kier molecular flexibility index (Phi) is 2.28. The van der Waals surface area contributed by atoms with Gasteiger partial charge in [-0.15, -0.1) is 0 Å². The van der Waals surface area contributed by atoms with E-state index in [9.17, 15) is 8.78 Å². The molecule has 0 aliphatic carbocycles. The molecule has 1 N–H and O–H groups in total. The minimum absolute atomic E-state index is 0.172. The smallest absolute Gasteiger partial charge is 0.159 e. The Bertz CT molecular complexity index is 334. The lowest BCUT2D eigenvalue weighted by molar-refractivity contribution is 0.508. The maximum atomic E-state index is 12.5. The highest BCUT2D eigenvalue weighted by molar-refractivity contribution is 5.98. The highest BCUT2D eigenvalue weighted by Gasteiger charge is 2.04. The molecule has 4 heteroatoms. The third-order valence-corrected chi connectivity index (χ3v) is 1.35. The van der Waals surface area contributed by atoms with Crippen LogP contribution in [0.15, 0.2) is 23.2 Å². The predicted octanol–water partition coefficient (Wildman–Crippen LogP) is 1.99. The first-order valence-electron chi connectivity index (χ1n) is 3.16. The number of rotatable bonds is 1. The molecular weight excluding hydrogens is 162 g/mol. The topological polar surface area (TPSA) is 36.2 Å². The molecule has 0 unspecified atom stereocenters. The fourth-order valence-electron chi connectivity index (χ4n) is 0.735. The monoisotopic (exact) mass is 168 g/mol. The summed E-state index contributed by atoms with van der Waals surface area (Å²) in [5.74, 6) is -2.09. The number of nitrogens with zero attached hydrogens (tertiary/aromatic N) is 1. The number of hydrogen-bond donors (Lipinski definition) is 1. The molecule has 1 aromatic rings. The molecule has 0 bridgehead atoms. The van der Waals surface area contributed by atoms with Crippen LogP contribution in [-0.4, -0.2) is 12.6 Å². The molecule has 12 heavy (non-hydrogen) atoms. The molecule has 1 aromatic carbocycles. The minimum atomic E-state index is -0.985. The Balaban J connectivity index is 3.13. The molecule has 0 saturated carbocycles. The summed E-state index contributed by atoms with van der Waals surface area (Å²) in [5.41, 5.74) is 0.212. The lowest BCUT2D eigenvalue weighted by Crippen LogP contribution is -1.96. The van der Waals surface area contributed by atoms with Crippen molar-refractivity contribution in [3.63, 3.8) is 0 Å². The number of hydrogen-bond acceptors (Lipinski definition) is 1. The molecule has 0 aliphatic rings.